The molecule has 0 radical (unpaired) electrons. The van der Waals surface area contributed by atoms with Gasteiger partial charge in [-0.05, 0) is 24.6 Å². The summed E-state index contributed by atoms with van der Waals surface area (Å²) in [7, 11) is 0. The summed E-state index contributed by atoms with van der Waals surface area (Å²) in [5.41, 5.74) is 0.521. The lowest BCUT2D eigenvalue weighted by Crippen LogP contribution is -2.57. The number of ether oxygens (including phenoxy) is 5. The number of benzene rings is 1. The summed E-state index contributed by atoms with van der Waals surface area (Å²) in [5, 5.41) is 9.42. The number of hydrogen-bond donors (Lipinski definition) is 1. The Morgan fingerprint density at radius 1 is 1.13 bits per heavy atom. The maximum atomic E-state index is 12.5. The molecule has 9 nitrogen and oxygen atoms in total. The van der Waals surface area contributed by atoms with E-state index in [2.05, 4.69) is 6.58 Å². The Balaban J connectivity index is 2.40. The van der Waals surface area contributed by atoms with Crippen LogP contribution >= 0.6 is 0 Å². The largest absolute Gasteiger partial charge is 0.460 e. The molecule has 0 aromatic heterocycles. The predicted octanol–water partition coefficient (Wildman–Crippen LogP) is 2.14. The zero-order chi connectivity index (χ0) is 23.1. The lowest BCUT2D eigenvalue weighted by molar-refractivity contribution is -0.263. The third-order valence-electron chi connectivity index (χ3n) is 4.83. The minimum atomic E-state index is -1.16. The molecule has 1 unspecified atom stereocenters. The molecule has 170 valence electrons. The zero-order valence-electron chi connectivity index (χ0n) is 18.0. The Hall–Kier alpha value is -2.91. The monoisotopic (exact) mass is 436 g/mol. The highest BCUT2D eigenvalue weighted by molar-refractivity contribution is 5.92. The smallest absolute Gasteiger partial charge is 0.342 e. The first-order valence-corrected chi connectivity index (χ1v) is 9.86. The average Bonchev–Trinajstić information content (AvgIpc) is 2.72. The Morgan fingerprint density at radius 2 is 1.77 bits per heavy atom. The number of hydrogen-bond acceptors (Lipinski definition) is 9. The topological polar surface area (TPSA) is 118 Å². The van der Waals surface area contributed by atoms with Crippen molar-refractivity contribution in [2.75, 3.05) is 6.61 Å². The van der Waals surface area contributed by atoms with E-state index in [0.717, 1.165) is 0 Å². The molecule has 2 rings (SSSR count). The van der Waals surface area contributed by atoms with Crippen molar-refractivity contribution in [1.82, 2.24) is 0 Å². The minimum absolute atomic E-state index is 0.0132. The van der Waals surface area contributed by atoms with Crippen molar-refractivity contribution in [2.45, 2.75) is 58.9 Å². The molecule has 0 bridgehead atoms. The van der Waals surface area contributed by atoms with Crippen molar-refractivity contribution in [2.24, 2.45) is 5.92 Å². The SMILES string of the molecule is C=CCOC(=O)c1cc(CO)ccc1O[C@@H]1O[C@H](C)[C@@H](C)C(OC(C)=O)[C@H]1OC(C)=O. The standard InChI is InChI=1S/C22H28O9/c1-6-9-27-21(26)17-10-16(11-23)7-8-18(17)31-22-20(30-15(5)25)19(29-14(4)24)12(2)13(3)28-22/h6-8,10,12-13,19-20,22-23H,1,9,11H2,2-5H3/t12-,13-,19?,20-,22+/m1/s1. The Kier molecular flexibility index (Phi) is 8.58. The molecule has 0 aliphatic carbocycles. The molecule has 31 heavy (non-hydrogen) atoms. The number of carbonyl (C=O) groups excluding carboxylic acids is 3. The van der Waals surface area contributed by atoms with Crippen LogP contribution in [0.3, 0.4) is 0 Å². The number of rotatable bonds is 8. The summed E-state index contributed by atoms with van der Waals surface area (Å²) >= 11 is 0. The third-order valence-corrected chi connectivity index (χ3v) is 4.83. The second kappa shape index (κ2) is 10.9. The maximum absolute atomic E-state index is 12.5. The molecule has 1 N–H and O–H groups in total. The lowest BCUT2D eigenvalue weighted by atomic mass is 9.91. The molecule has 1 aliphatic heterocycles. The molecule has 0 saturated carbocycles. The molecule has 9 heteroatoms. The number of carbonyl (C=O) groups is 3. The van der Waals surface area contributed by atoms with Gasteiger partial charge in [-0.1, -0.05) is 25.6 Å². The first-order valence-electron chi connectivity index (χ1n) is 9.86. The molecule has 1 aromatic carbocycles. The maximum Gasteiger partial charge on any atom is 0.342 e. The van der Waals surface area contributed by atoms with Gasteiger partial charge in [0.2, 0.25) is 12.4 Å². The van der Waals surface area contributed by atoms with E-state index in [0.29, 0.717) is 5.56 Å². The average molecular weight is 436 g/mol. The highest BCUT2D eigenvalue weighted by atomic mass is 16.7. The van der Waals surface area contributed by atoms with Crippen LogP contribution in [0.1, 0.15) is 43.6 Å². The van der Waals surface area contributed by atoms with Crippen LogP contribution in [-0.4, -0.2) is 54.2 Å². The molecule has 1 saturated heterocycles. The molecule has 1 fully saturated rings. The van der Waals surface area contributed by atoms with Gasteiger partial charge in [-0.2, -0.15) is 0 Å². The molecule has 0 amide bonds. The number of aliphatic hydroxyl groups excluding tert-OH is 1. The summed E-state index contributed by atoms with van der Waals surface area (Å²) in [6.07, 6.45) is -2.04. The van der Waals surface area contributed by atoms with Crippen LogP contribution < -0.4 is 4.74 Å². The van der Waals surface area contributed by atoms with E-state index in [1.54, 1.807) is 19.9 Å². The van der Waals surface area contributed by atoms with Crippen LogP contribution in [0.2, 0.25) is 0 Å². The third kappa shape index (κ3) is 6.28. The van der Waals surface area contributed by atoms with Gasteiger partial charge in [-0.25, -0.2) is 4.79 Å². The van der Waals surface area contributed by atoms with Crippen molar-refractivity contribution >= 4 is 17.9 Å². The van der Waals surface area contributed by atoms with E-state index >= 15 is 0 Å². The predicted molar refractivity (Wildman–Crippen MR) is 108 cm³/mol. The molecule has 1 aromatic rings. The van der Waals surface area contributed by atoms with E-state index in [9.17, 15) is 19.5 Å². The molecule has 1 heterocycles. The number of esters is 3. The highest BCUT2D eigenvalue weighted by Gasteiger charge is 2.48. The van der Waals surface area contributed by atoms with E-state index in [4.69, 9.17) is 23.7 Å². The minimum Gasteiger partial charge on any atom is -0.460 e. The first-order chi connectivity index (χ1) is 14.7. The normalized spacial score (nSPS) is 25.3. The van der Waals surface area contributed by atoms with Gasteiger partial charge < -0.3 is 28.8 Å². The Labute approximate surface area is 180 Å². The van der Waals surface area contributed by atoms with E-state index in [1.165, 1.54) is 32.1 Å². The summed E-state index contributed by atoms with van der Waals surface area (Å²) in [6, 6.07) is 4.48. The van der Waals surface area contributed by atoms with Gasteiger partial charge in [0.15, 0.2) is 0 Å². The molecular formula is C22H28O9. The molecule has 1 aliphatic rings. The van der Waals surface area contributed by atoms with Crippen molar-refractivity contribution in [3.05, 3.63) is 42.0 Å². The Bertz CT molecular complexity index is 819. The quantitative estimate of drug-likeness (QED) is 0.371. The lowest BCUT2D eigenvalue weighted by Gasteiger charge is -2.43. The van der Waals surface area contributed by atoms with Gasteiger partial charge in [0.05, 0.1) is 12.7 Å². The Morgan fingerprint density at radius 3 is 2.35 bits per heavy atom. The fourth-order valence-electron chi connectivity index (χ4n) is 3.18. The van der Waals surface area contributed by atoms with Gasteiger partial charge in [0, 0.05) is 19.8 Å². The van der Waals surface area contributed by atoms with E-state index < -0.39 is 42.5 Å². The van der Waals surface area contributed by atoms with Gasteiger partial charge in [0.1, 0.15) is 24.0 Å². The van der Waals surface area contributed by atoms with Crippen molar-refractivity contribution in [3.8, 4) is 5.75 Å². The molecule has 0 spiro atoms. The van der Waals surface area contributed by atoms with Crippen molar-refractivity contribution < 1.29 is 43.2 Å². The van der Waals surface area contributed by atoms with Crippen LogP contribution in [0.25, 0.3) is 0 Å². The highest BCUT2D eigenvalue weighted by Crippen LogP contribution is 2.33. The second-order valence-corrected chi connectivity index (χ2v) is 7.21. The summed E-state index contributed by atoms with van der Waals surface area (Å²) in [4.78, 5) is 35.9. The van der Waals surface area contributed by atoms with Gasteiger partial charge in [0.25, 0.3) is 0 Å². The fourth-order valence-corrected chi connectivity index (χ4v) is 3.18. The second-order valence-electron chi connectivity index (χ2n) is 7.21. The van der Waals surface area contributed by atoms with Crippen LogP contribution in [0, 0.1) is 5.92 Å². The van der Waals surface area contributed by atoms with Gasteiger partial charge in [-0.3, -0.25) is 9.59 Å². The van der Waals surface area contributed by atoms with Crippen LogP contribution in [0.15, 0.2) is 30.9 Å². The molecular weight excluding hydrogens is 408 g/mol. The zero-order valence-corrected chi connectivity index (χ0v) is 18.0. The van der Waals surface area contributed by atoms with Crippen LogP contribution in [0.5, 0.6) is 5.75 Å². The summed E-state index contributed by atoms with van der Waals surface area (Å²) in [5.74, 6) is -2.04. The number of aliphatic hydroxyl groups is 1. The fraction of sp³-hybridized carbons (Fsp3) is 0.500. The summed E-state index contributed by atoms with van der Waals surface area (Å²) in [6.45, 7) is 9.26. The van der Waals surface area contributed by atoms with Crippen molar-refractivity contribution in [1.29, 1.82) is 0 Å². The molecule has 5 atom stereocenters. The first kappa shape index (κ1) is 24.4. The van der Waals surface area contributed by atoms with Crippen LogP contribution in [0.4, 0.5) is 0 Å². The van der Waals surface area contributed by atoms with E-state index in [-0.39, 0.29) is 30.4 Å². The van der Waals surface area contributed by atoms with Crippen LogP contribution in [-0.2, 0) is 35.1 Å². The van der Waals surface area contributed by atoms with E-state index in [1.807, 2.05) is 0 Å². The van der Waals surface area contributed by atoms with Gasteiger partial charge in [-0.15, -0.1) is 0 Å². The van der Waals surface area contributed by atoms with Crippen molar-refractivity contribution in [3.63, 3.8) is 0 Å². The summed E-state index contributed by atoms with van der Waals surface area (Å²) < 4.78 is 27.7. The van der Waals surface area contributed by atoms with Gasteiger partial charge >= 0.3 is 17.9 Å².